The summed E-state index contributed by atoms with van der Waals surface area (Å²) in [6, 6.07) is 8.82. The predicted molar refractivity (Wildman–Crippen MR) is 110 cm³/mol. The van der Waals surface area contributed by atoms with Gasteiger partial charge in [-0.1, -0.05) is 18.2 Å². The molecule has 1 aromatic carbocycles. The SMILES string of the molecule is C=CC1CCC2CC(C3CCC(c4ccc(OC)cc4)CC3)CCC2C1. The molecule has 0 amide bonds. The molecule has 0 aromatic heterocycles. The van der Waals surface area contributed by atoms with Gasteiger partial charge in [0.15, 0.2) is 0 Å². The van der Waals surface area contributed by atoms with Crippen LogP contribution in [-0.4, -0.2) is 7.11 Å². The highest BCUT2D eigenvalue weighted by Crippen LogP contribution is 2.50. The third-order valence-corrected chi connectivity index (χ3v) is 8.05. The Kier molecular flexibility index (Phi) is 5.72. The molecule has 1 nitrogen and oxygen atoms in total. The summed E-state index contributed by atoms with van der Waals surface area (Å²) in [6.07, 6.45) is 16.8. The molecular formula is C25H36O. The Morgan fingerprint density at radius 1 is 0.769 bits per heavy atom. The van der Waals surface area contributed by atoms with Gasteiger partial charge in [-0.3, -0.25) is 0 Å². The van der Waals surface area contributed by atoms with Crippen LogP contribution in [0.3, 0.4) is 0 Å². The molecule has 3 aliphatic carbocycles. The first-order valence-electron chi connectivity index (χ1n) is 11.0. The zero-order valence-electron chi connectivity index (χ0n) is 16.5. The van der Waals surface area contributed by atoms with Gasteiger partial charge in [0.25, 0.3) is 0 Å². The van der Waals surface area contributed by atoms with Gasteiger partial charge in [0.2, 0.25) is 0 Å². The van der Waals surface area contributed by atoms with E-state index < -0.39 is 0 Å². The van der Waals surface area contributed by atoms with Gasteiger partial charge in [-0.05, 0) is 117 Å². The van der Waals surface area contributed by atoms with Gasteiger partial charge in [-0.2, -0.15) is 0 Å². The lowest BCUT2D eigenvalue weighted by atomic mass is 9.61. The van der Waals surface area contributed by atoms with E-state index in [1.165, 1.54) is 69.8 Å². The van der Waals surface area contributed by atoms with Crippen molar-refractivity contribution in [1.82, 2.24) is 0 Å². The van der Waals surface area contributed by atoms with Crippen LogP contribution >= 0.6 is 0 Å². The minimum absolute atomic E-state index is 0.775. The number of benzene rings is 1. The average molecular weight is 353 g/mol. The molecule has 0 aliphatic heterocycles. The molecule has 3 saturated carbocycles. The summed E-state index contributed by atoms with van der Waals surface area (Å²) in [5.41, 5.74) is 1.52. The second-order valence-electron chi connectivity index (χ2n) is 9.29. The Hall–Kier alpha value is -1.24. The number of hydrogen-bond donors (Lipinski definition) is 0. The van der Waals surface area contributed by atoms with Crippen LogP contribution in [0.4, 0.5) is 0 Å². The summed E-state index contributed by atoms with van der Waals surface area (Å²) in [7, 11) is 1.75. The first-order valence-corrected chi connectivity index (χ1v) is 11.0. The molecule has 4 unspecified atom stereocenters. The Balaban J connectivity index is 1.29. The molecule has 0 saturated heterocycles. The normalized spacial score (nSPS) is 37.6. The molecule has 26 heavy (non-hydrogen) atoms. The molecule has 4 rings (SSSR count). The summed E-state index contributed by atoms with van der Waals surface area (Å²) in [5, 5.41) is 0. The van der Waals surface area contributed by atoms with E-state index in [1.54, 1.807) is 7.11 Å². The van der Waals surface area contributed by atoms with Gasteiger partial charge in [0.05, 0.1) is 7.11 Å². The number of methoxy groups -OCH3 is 1. The molecule has 3 fully saturated rings. The monoisotopic (exact) mass is 352 g/mol. The van der Waals surface area contributed by atoms with E-state index >= 15 is 0 Å². The van der Waals surface area contributed by atoms with Crippen LogP contribution in [0.5, 0.6) is 5.75 Å². The molecule has 142 valence electrons. The fourth-order valence-corrected chi connectivity index (χ4v) is 6.40. The largest absolute Gasteiger partial charge is 0.497 e. The van der Waals surface area contributed by atoms with E-state index in [0.29, 0.717) is 0 Å². The average Bonchev–Trinajstić information content (AvgIpc) is 2.73. The van der Waals surface area contributed by atoms with Crippen molar-refractivity contribution in [1.29, 1.82) is 0 Å². The standard InChI is InChI=1S/C25H36O/c1-3-18-4-5-24-17-23(11-10-22(24)16-18)21-8-6-19(7-9-21)20-12-14-25(26-2)15-13-20/h3,12-15,18-19,21-24H,1,4-11,16-17H2,2H3. The number of rotatable bonds is 4. The highest BCUT2D eigenvalue weighted by atomic mass is 16.5. The van der Waals surface area contributed by atoms with Gasteiger partial charge in [-0.25, -0.2) is 0 Å². The first kappa shape index (κ1) is 18.1. The zero-order chi connectivity index (χ0) is 17.9. The molecule has 0 bridgehead atoms. The van der Waals surface area contributed by atoms with Crippen molar-refractivity contribution >= 4 is 0 Å². The fourth-order valence-electron chi connectivity index (χ4n) is 6.40. The number of ether oxygens (including phenoxy) is 1. The highest BCUT2D eigenvalue weighted by Gasteiger charge is 2.38. The summed E-state index contributed by atoms with van der Waals surface area (Å²) < 4.78 is 5.30. The summed E-state index contributed by atoms with van der Waals surface area (Å²) in [4.78, 5) is 0. The Morgan fingerprint density at radius 3 is 2.00 bits per heavy atom. The van der Waals surface area contributed by atoms with E-state index in [-0.39, 0.29) is 0 Å². The summed E-state index contributed by atoms with van der Waals surface area (Å²) in [5.74, 6) is 6.63. The maximum absolute atomic E-state index is 5.30. The van der Waals surface area contributed by atoms with Crippen LogP contribution < -0.4 is 4.74 Å². The molecule has 0 spiro atoms. The van der Waals surface area contributed by atoms with Crippen molar-refractivity contribution in [2.75, 3.05) is 7.11 Å². The first-order chi connectivity index (χ1) is 12.8. The minimum atomic E-state index is 0.775. The topological polar surface area (TPSA) is 9.23 Å². The van der Waals surface area contributed by atoms with E-state index in [2.05, 4.69) is 36.9 Å². The van der Waals surface area contributed by atoms with Crippen LogP contribution in [0.1, 0.15) is 75.7 Å². The Bertz CT molecular complexity index is 581. The molecular weight excluding hydrogens is 316 g/mol. The van der Waals surface area contributed by atoms with Crippen LogP contribution in [0, 0.1) is 29.6 Å². The van der Waals surface area contributed by atoms with Gasteiger partial charge < -0.3 is 4.74 Å². The van der Waals surface area contributed by atoms with Gasteiger partial charge in [-0.15, -0.1) is 6.58 Å². The lowest BCUT2D eigenvalue weighted by Gasteiger charge is -2.45. The molecule has 0 heterocycles. The smallest absolute Gasteiger partial charge is 0.118 e. The maximum atomic E-state index is 5.30. The van der Waals surface area contributed by atoms with Gasteiger partial charge in [0, 0.05) is 0 Å². The summed E-state index contributed by atoms with van der Waals surface area (Å²) >= 11 is 0. The third kappa shape index (κ3) is 3.87. The third-order valence-electron chi connectivity index (χ3n) is 8.05. The van der Waals surface area contributed by atoms with Gasteiger partial charge in [0.1, 0.15) is 5.75 Å². The van der Waals surface area contributed by atoms with Crippen molar-refractivity contribution in [3.63, 3.8) is 0 Å². The molecule has 3 aliphatic rings. The van der Waals surface area contributed by atoms with Crippen molar-refractivity contribution in [3.05, 3.63) is 42.5 Å². The number of fused-ring (bicyclic) bond motifs is 1. The van der Waals surface area contributed by atoms with Crippen LogP contribution in [0.2, 0.25) is 0 Å². The van der Waals surface area contributed by atoms with Crippen molar-refractivity contribution in [2.45, 2.75) is 70.1 Å². The van der Waals surface area contributed by atoms with Crippen LogP contribution in [0.15, 0.2) is 36.9 Å². The maximum Gasteiger partial charge on any atom is 0.118 e. The number of allylic oxidation sites excluding steroid dienone is 1. The van der Waals surface area contributed by atoms with Crippen molar-refractivity contribution < 1.29 is 4.74 Å². The number of hydrogen-bond acceptors (Lipinski definition) is 1. The fraction of sp³-hybridized carbons (Fsp3) is 0.680. The second kappa shape index (κ2) is 8.19. The molecule has 4 atom stereocenters. The predicted octanol–water partition coefficient (Wildman–Crippen LogP) is 6.99. The van der Waals surface area contributed by atoms with Crippen LogP contribution in [-0.2, 0) is 0 Å². The quantitative estimate of drug-likeness (QED) is 0.531. The van der Waals surface area contributed by atoms with E-state index in [9.17, 15) is 0 Å². The van der Waals surface area contributed by atoms with E-state index in [0.717, 1.165) is 41.3 Å². The van der Waals surface area contributed by atoms with E-state index in [1.807, 2.05) is 0 Å². The van der Waals surface area contributed by atoms with Crippen molar-refractivity contribution in [3.8, 4) is 5.75 Å². The molecule has 0 radical (unpaired) electrons. The minimum Gasteiger partial charge on any atom is -0.497 e. The highest BCUT2D eigenvalue weighted by molar-refractivity contribution is 5.29. The molecule has 1 heteroatoms. The lowest BCUT2D eigenvalue weighted by Crippen LogP contribution is -2.34. The summed E-state index contributed by atoms with van der Waals surface area (Å²) in [6.45, 7) is 4.05. The van der Waals surface area contributed by atoms with Crippen molar-refractivity contribution in [2.24, 2.45) is 29.6 Å². The lowest BCUT2D eigenvalue weighted by molar-refractivity contribution is 0.0719. The molecule has 1 aromatic rings. The second-order valence-corrected chi connectivity index (χ2v) is 9.29. The Morgan fingerprint density at radius 2 is 1.35 bits per heavy atom. The van der Waals surface area contributed by atoms with E-state index in [4.69, 9.17) is 4.74 Å². The van der Waals surface area contributed by atoms with Gasteiger partial charge >= 0.3 is 0 Å². The Labute approximate surface area is 160 Å². The zero-order valence-corrected chi connectivity index (χ0v) is 16.5. The van der Waals surface area contributed by atoms with Crippen LogP contribution in [0.25, 0.3) is 0 Å². The molecule has 0 N–H and O–H groups in total.